The number of halogens is 2. The number of ether oxygens (including phenoxy) is 1. The summed E-state index contributed by atoms with van der Waals surface area (Å²) in [5.74, 6) is 0. The maximum absolute atomic E-state index is 6.08. The molecular weight excluding hydrogens is 283 g/mol. The van der Waals surface area contributed by atoms with Crippen LogP contribution in [0.4, 0.5) is 0 Å². The van der Waals surface area contributed by atoms with Crippen molar-refractivity contribution in [3.8, 4) is 0 Å². The highest BCUT2D eigenvalue weighted by atomic mass is 35.5. The van der Waals surface area contributed by atoms with Crippen molar-refractivity contribution in [2.45, 2.75) is 65.2 Å². The Morgan fingerprint density at radius 3 is 2.00 bits per heavy atom. The van der Waals surface area contributed by atoms with Crippen molar-refractivity contribution < 1.29 is 4.74 Å². The predicted molar refractivity (Wildman–Crippen MR) is 87.9 cm³/mol. The van der Waals surface area contributed by atoms with E-state index < -0.39 is 0 Å². The highest BCUT2D eigenvalue weighted by Crippen LogP contribution is 2.36. The summed E-state index contributed by atoms with van der Waals surface area (Å²) < 4.78 is 6.08. The standard InChI is InChI=1S/C14H30N2O.2ClH/c1-7-16(8-2)10-9-15-12-11-13(3,4)17-14(12,5)6;;/h12,15H,7-11H2,1-6H3;2*1H. The molecule has 0 saturated carbocycles. The average molecular weight is 315 g/mol. The lowest BCUT2D eigenvalue weighted by Crippen LogP contribution is -2.46. The van der Waals surface area contributed by atoms with E-state index in [0.717, 1.165) is 32.6 Å². The Kier molecular flexibility index (Phi) is 9.94. The van der Waals surface area contributed by atoms with Crippen molar-refractivity contribution in [2.24, 2.45) is 0 Å². The molecule has 0 spiro atoms. The summed E-state index contributed by atoms with van der Waals surface area (Å²) in [6, 6.07) is 0.466. The third-order valence-corrected chi connectivity index (χ3v) is 3.79. The molecule has 1 aliphatic heterocycles. The van der Waals surface area contributed by atoms with Crippen molar-refractivity contribution >= 4 is 24.8 Å². The number of nitrogens with one attached hydrogen (secondary N) is 1. The molecular formula is C14H32Cl2N2O. The number of hydrogen-bond donors (Lipinski definition) is 1. The lowest BCUT2D eigenvalue weighted by molar-refractivity contribution is -0.0698. The van der Waals surface area contributed by atoms with Gasteiger partial charge in [-0.2, -0.15) is 0 Å². The number of nitrogens with zero attached hydrogens (tertiary/aromatic N) is 1. The Morgan fingerprint density at radius 1 is 1.11 bits per heavy atom. The van der Waals surface area contributed by atoms with Gasteiger partial charge in [0.1, 0.15) is 0 Å². The summed E-state index contributed by atoms with van der Waals surface area (Å²) >= 11 is 0. The van der Waals surface area contributed by atoms with Crippen LogP contribution in [0.2, 0.25) is 0 Å². The molecule has 1 unspecified atom stereocenters. The molecule has 1 aliphatic rings. The fourth-order valence-corrected chi connectivity index (χ4v) is 2.82. The van der Waals surface area contributed by atoms with E-state index in [2.05, 4.69) is 51.8 Å². The van der Waals surface area contributed by atoms with Gasteiger partial charge in [0.05, 0.1) is 11.2 Å². The van der Waals surface area contributed by atoms with E-state index in [0.29, 0.717) is 6.04 Å². The van der Waals surface area contributed by atoms with E-state index in [1.165, 1.54) is 0 Å². The molecule has 1 heterocycles. The summed E-state index contributed by atoms with van der Waals surface area (Å²) in [6.45, 7) is 17.6. The molecule has 1 saturated heterocycles. The zero-order valence-corrected chi connectivity index (χ0v) is 14.9. The lowest BCUT2D eigenvalue weighted by atomic mass is 9.94. The van der Waals surface area contributed by atoms with Crippen LogP contribution in [0.25, 0.3) is 0 Å². The minimum Gasteiger partial charge on any atom is -0.368 e. The minimum atomic E-state index is -0.0488. The van der Waals surface area contributed by atoms with Gasteiger partial charge in [0.2, 0.25) is 0 Å². The van der Waals surface area contributed by atoms with Gasteiger partial charge in [-0.3, -0.25) is 0 Å². The van der Waals surface area contributed by atoms with E-state index in [4.69, 9.17) is 4.74 Å². The van der Waals surface area contributed by atoms with E-state index in [1.807, 2.05) is 0 Å². The smallest absolute Gasteiger partial charge is 0.0787 e. The van der Waals surface area contributed by atoms with E-state index in [9.17, 15) is 0 Å². The first-order valence-electron chi connectivity index (χ1n) is 6.96. The molecule has 0 aromatic heterocycles. The maximum Gasteiger partial charge on any atom is 0.0787 e. The largest absolute Gasteiger partial charge is 0.368 e. The quantitative estimate of drug-likeness (QED) is 0.815. The first kappa shape index (κ1) is 21.8. The zero-order chi connectivity index (χ0) is 13.1. The molecule has 5 heteroatoms. The van der Waals surface area contributed by atoms with Crippen molar-refractivity contribution in [3.05, 3.63) is 0 Å². The zero-order valence-electron chi connectivity index (χ0n) is 13.3. The minimum absolute atomic E-state index is 0. The summed E-state index contributed by atoms with van der Waals surface area (Å²) in [6.07, 6.45) is 1.10. The van der Waals surface area contributed by atoms with Crippen LogP contribution in [0.1, 0.15) is 48.0 Å². The van der Waals surface area contributed by atoms with Crippen molar-refractivity contribution in [2.75, 3.05) is 26.2 Å². The fourth-order valence-electron chi connectivity index (χ4n) is 2.82. The summed E-state index contributed by atoms with van der Waals surface area (Å²) in [7, 11) is 0. The first-order chi connectivity index (χ1) is 7.80. The molecule has 3 nitrogen and oxygen atoms in total. The fraction of sp³-hybridized carbons (Fsp3) is 1.00. The number of hydrogen-bond acceptors (Lipinski definition) is 3. The molecule has 1 N–H and O–H groups in total. The van der Waals surface area contributed by atoms with Crippen LogP contribution in [0.5, 0.6) is 0 Å². The molecule has 0 radical (unpaired) electrons. The molecule has 0 aromatic rings. The van der Waals surface area contributed by atoms with E-state index >= 15 is 0 Å². The number of rotatable bonds is 6. The molecule has 0 amide bonds. The van der Waals surface area contributed by atoms with Gasteiger partial charge >= 0.3 is 0 Å². The van der Waals surface area contributed by atoms with Crippen LogP contribution in [0.15, 0.2) is 0 Å². The van der Waals surface area contributed by atoms with Crippen molar-refractivity contribution in [3.63, 3.8) is 0 Å². The Labute approximate surface area is 131 Å². The third kappa shape index (κ3) is 6.63. The van der Waals surface area contributed by atoms with Gasteiger partial charge in [-0.15, -0.1) is 24.8 Å². The average Bonchev–Trinajstić information content (AvgIpc) is 2.41. The van der Waals surface area contributed by atoms with Gasteiger partial charge in [-0.05, 0) is 47.2 Å². The van der Waals surface area contributed by atoms with Crippen LogP contribution < -0.4 is 5.32 Å². The second kappa shape index (κ2) is 8.68. The summed E-state index contributed by atoms with van der Waals surface area (Å²) in [5, 5.41) is 3.66. The Morgan fingerprint density at radius 2 is 1.63 bits per heavy atom. The third-order valence-electron chi connectivity index (χ3n) is 3.79. The van der Waals surface area contributed by atoms with Crippen LogP contribution in [-0.2, 0) is 4.74 Å². The van der Waals surface area contributed by atoms with Gasteiger partial charge in [-0.1, -0.05) is 13.8 Å². The molecule has 0 aromatic carbocycles. The predicted octanol–water partition coefficient (Wildman–Crippen LogP) is 3.11. The van der Waals surface area contributed by atoms with E-state index in [-0.39, 0.29) is 36.0 Å². The lowest BCUT2D eigenvalue weighted by Gasteiger charge is -2.28. The second-order valence-corrected chi connectivity index (χ2v) is 6.20. The van der Waals surface area contributed by atoms with Gasteiger partial charge in [0.25, 0.3) is 0 Å². The van der Waals surface area contributed by atoms with Crippen molar-refractivity contribution in [1.82, 2.24) is 10.2 Å². The Balaban J connectivity index is 0. The number of likely N-dealkylation sites (N-methyl/N-ethyl adjacent to an activating group) is 1. The van der Waals surface area contributed by atoms with E-state index in [1.54, 1.807) is 0 Å². The molecule has 0 aliphatic carbocycles. The highest BCUT2D eigenvalue weighted by Gasteiger charge is 2.45. The molecule has 0 bridgehead atoms. The molecule has 1 rings (SSSR count). The van der Waals surface area contributed by atoms with Crippen LogP contribution in [0.3, 0.4) is 0 Å². The monoisotopic (exact) mass is 314 g/mol. The van der Waals surface area contributed by atoms with Crippen LogP contribution in [-0.4, -0.2) is 48.3 Å². The van der Waals surface area contributed by atoms with Crippen LogP contribution >= 0.6 is 24.8 Å². The molecule has 1 fully saturated rings. The van der Waals surface area contributed by atoms with Gasteiger partial charge in [0.15, 0.2) is 0 Å². The maximum atomic E-state index is 6.08. The van der Waals surface area contributed by atoms with Gasteiger partial charge in [-0.25, -0.2) is 0 Å². The van der Waals surface area contributed by atoms with Gasteiger partial charge in [0, 0.05) is 19.1 Å². The summed E-state index contributed by atoms with van der Waals surface area (Å²) in [4.78, 5) is 2.45. The summed E-state index contributed by atoms with van der Waals surface area (Å²) in [5.41, 5.74) is -0.0386. The molecule has 118 valence electrons. The van der Waals surface area contributed by atoms with Crippen LogP contribution in [0, 0.1) is 0 Å². The van der Waals surface area contributed by atoms with Crippen molar-refractivity contribution in [1.29, 1.82) is 0 Å². The topological polar surface area (TPSA) is 24.5 Å². The Hall–Kier alpha value is 0.460. The highest BCUT2D eigenvalue weighted by molar-refractivity contribution is 5.85. The molecule has 19 heavy (non-hydrogen) atoms. The van der Waals surface area contributed by atoms with Gasteiger partial charge < -0.3 is 15.0 Å². The SMILES string of the molecule is CCN(CC)CCNC1CC(C)(C)OC1(C)C.Cl.Cl. The first-order valence-corrected chi connectivity index (χ1v) is 6.96. The normalized spacial score (nSPS) is 23.8. The Bertz CT molecular complexity index is 244. The molecule has 1 atom stereocenters. The second-order valence-electron chi connectivity index (χ2n) is 6.20.